The summed E-state index contributed by atoms with van der Waals surface area (Å²) in [6.45, 7) is 4.67. The zero-order valence-electron chi connectivity index (χ0n) is 28.9. The summed E-state index contributed by atoms with van der Waals surface area (Å²) in [5, 5.41) is 23.4. The van der Waals surface area contributed by atoms with E-state index in [9.17, 15) is 0 Å². The minimum atomic E-state index is -1.82. The monoisotopic (exact) mass is 674 g/mol. The molecule has 0 fully saturated rings. The van der Waals surface area contributed by atoms with Gasteiger partial charge in [0.15, 0.2) is 0 Å². The lowest BCUT2D eigenvalue weighted by Gasteiger charge is -2.10. The maximum absolute atomic E-state index is 9.10. The molecule has 2 heterocycles. The molecule has 2 N–H and O–H groups in total. The molecule has 48 heavy (non-hydrogen) atoms. The van der Waals surface area contributed by atoms with E-state index >= 15 is 0 Å². The number of benzene rings is 2. The summed E-state index contributed by atoms with van der Waals surface area (Å²) in [5.74, 6) is -0.336. The smallest absolute Gasteiger partial charge is 0.414 e. The lowest BCUT2D eigenvalue weighted by atomic mass is 10.1. The van der Waals surface area contributed by atoms with Crippen LogP contribution in [0.15, 0.2) is 46.7 Å². The third kappa shape index (κ3) is 14.9. The van der Waals surface area contributed by atoms with Crippen LogP contribution < -0.4 is 18.9 Å². The zero-order valence-corrected chi connectivity index (χ0v) is 28.9. The number of hydrogen-bond donors (Lipinski definition) is 2. The van der Waals surface area contributed by atoms with Crippen molar-refractivity contribution < 1.29 is 48.4 Å². The number of carboxylic acids is 2. The van der Waals surface area contributed by atoms with Crippen LogP contribution in [-0.4, -0.2) is 125 Å². The van der Waals surface area contributed by atoms with Crippen molar-refractivity contribution in [3.05, 3.63) is 47.5 Å². The lowest BCUT2D eigenvalue weighted by Crippen LogP contribution is -2.14. The summed E-state index contributed by atoms with van der Waals surface area (Å²) in [5.41, 5.74) is 3.82. The summed E-state index contributed by atoms with van der Waals surface area (Å²) < 4.78 is 22.0. The van der Waals surface area contributed by atoms with Crippen molar-refractivity contribution in [2.75, 3.05) is 81.9 Å². The van der Waals surface area contributed by atoms with Crippen LogP contribution >= 0.6 is 0 Å². The number of carboxylic acid groups (broad SMARTS) is 2. The molecule has 266 valence electrons. The Balaban J connectivity index is 0.000000286. The van der Waals surface area contributed by atoms with E-state index in [0.717, 1.165) is 97.2 Å². The average molecular weight is 675 g/mol. The van der Waals surface area contributed by atoms with E-state index in [1.807, 2.05) is 36.4 Å². The number of nitrogens with zero attached hydrogens (tertiary/aromatic N) is 4. The number of rotatable bonds is 12. The highest BCUT2D eigenvalue weighted by Gasteiger charge is 2.18. The summed E-state index contributed by atoms with van der Waals surface area (Å²) >= 11 is 0. The molecule has 0 atom stereocenters. The number of hydrogen-bond acceptors (Lipinski definition) is 12. The van der Waals surface area contributed by atoms with E-state index < -0.39 is 11.9 Å². The van der Waals surface area contributed by atoms with E-state index in [0.29, 0.717) is 26.4 Å². The second kappa shape index (κ2) is 22.1. The molecule has 0 aromatic heterocycles. The van der Waals surface area contributed by atoms with Crippen LogP contribution in [0.3, 0.4) is 0 Å². The number of carbonyl (C=O) groups is 2. The van der Waals surface area contributed by atoms with Crippen molar-refractivity contribution in [1.29, 1.82) is 0 Å². The summed E-state index contributed by atoms with van der Waals surface area (Å²) in [7, 11) is 11.5. The molecule has 0 spiro atoms. The van der Waals surface area contributed by atoms with Crippen LogP contribution in [0.4, 0.5) is 0 Å². The van der Waals surface area contributed by atoms with E-state index in [4.69, 9.17) is 48.4 Å². The Morgan fingerprint density at radius 1 is 0.708 bits per heavy atom. The van der Waals surface area contributed by atoms with E-state index in [2.05, 4.69) is 48.3 Å². The topological polar surface area (TPSA) is 161 Å². The molecule has 0 saturated carbocycles. The standard InChI is InChI=1S/2C16H24N2O3.C2H2O4/c2*1-18(2)9-5-11-21-17-15-6-4-10-20-16-8-7-13(19-3)12-14(15)16;3-1(4)2(5)6/h2*7-8,12H,4-6,9-11H2,1-3H3;(H,3,4)(H,5,6)/b2*17-15+;. The molecule has 0 saturated heterocycles. The van der Waals surface area contributed by atoms with Gasteiger partial charge in [0.25, 0.3) is 0 Å². The first-order chi connectivity index (χ1) is 23.0. The van der Waals surface area contributed by atoms with Crippen LogP contribution in [0.25, 0.3) is 0 Å². The fourth-order valence-corrected chi connectivity index (χ4v) is 4.42. The van der Waals surface area contributed by atoms with Gasteiger partial charge in [-0.05, 0) is 103 Å². The molecule has 0 radical (unpaired) electrons. The molecule has 0 bridgehead atoms. The Bertz CT molecular complexity index is 1250. The van der Waals surface area contributed by atoms with Crippen molar-refractivity contribution in [2.24, 2.45) is 10.3 Å². The number of methoxy groups -OCH3 is 2. The van der Waals surface area contributed by atoms with E-state index in [1.165, 1.54) is 0 Å². The molecule has 2 aromatic rings. The van der Waals surface area contributed by atoms with Crippen LogP contribution in [0.5, 0.6) is 23.0 Å². The second-order valence-corrected chi connectivity index (χ2v) is 11.3. The molecule has 2 aliphatic rings. The maximum atomic E-state index is 9.10. The molecule has 14 nitrogen and oxygen atoms in total. The van der Waals surface area contributed by atoms with Crippen molar-refractivity contribution in [1.82, 2.24) is 9.80 Å². The fraction of sp³-hybridized carbons (Fsp3) is 0.529. The van der Waals surface area contributed by atoms with Crippen LogP contribution in [0.2, 0.25) is 0 Å². The second-order valence-electron chi connectivity index (χ2n) is 11.3. The quantitative estimate of drug-likeness (QED) is 0.188. The van der Waals surface area contributed by atoms with Crippen molar-refractivity contribution in [2.45, 2.75) is 38.5 Å². The Labute approximate surface area is 282 Å². The van der Waals surface area contributed by atoms with Gasteiger partial charge < -0.3 is 48.6 Å². The summed E-state index contributed by atoms with van der Waals surface area (Å²) in [6.07, 6.45) is 5.52. The van der Waals surface area contributed by atoms with Gasteiger partial charge in [-0.15, -0.1) is 0 Å². The van der Waals surface area contributed by atoms with E-state index in [-0.39, 0.29) is 0 Å². The molecular formula is C34H50N4O10. The van der Waals surface area contributed by atoms with Gasteiger partial charge in [0, 0.05) is 24.2 Å². The summed E-state index contributed by atoms with van der Waals surface area (Å²) in [6, 6.07) is 11.6. The Morgan fingerprint density at radius 3 is 1.44 bits per heavy atom. The third-order valence-corrected chi connectivity index (χ3v) is 6.84. The molecule has 0 amide bonds. The molecule has 4 rings (SSSR count). The zero-order chi connectivity index (χ0) is 35.3. The third-order valence-electron chi connectivity index (χ3n) is 6.84. The van der Waals surface area contributed by atoms with Crippen LogP contribution in [-0.2, 0) is 19.3 Å². The number of fused-ring (bicyclic) bond motifs is 2. The first-order valence-corrected chi connectivity index (χ1v) is 15.8. The highest BCUT2D eigenvalue weighted by atomic mass is 16.6. The normalized spacial score (nSPS) is 15.2. The van der Waals surface area contributed by atoms with E-state index in [1.54, 1.807) is 14.2 Å². The van der Waals surface area contributed by atoms with Gasteiger partial charge in [-0.2, -0.15) is 0 Å². The molecule has 2 aromatic carbocycles. The molecule has 2 aliphatic heterocycles. The SMILES string of the molecule is COc1ccc2c(c1)/C(=N/OCCCN(C)C)CCCO2.COc1ccc2c(c1)/C(=N/OCCCN(C)C)CCCO2.O=C(O)C(=O)O. The van der Waals surface area contributed by atoms with Gasteiger partial charge in [0.2, 0.25) is 0 Å². The Hall–Kier alpha value is -4.56. The minimum Gasteiger partial charge on any atom is -0.497 e. The molecule has 0 aliphatic carbocycles. The average Bonchev–Trinajstić information content (AvgIpc) is 3.40. The molecular weight excluding hydrogens is 624 g/mol. The number of oxime groups is 2. The first kappa shape index (κ1) is 39.6. The molecule has 14 heteroatoms. The van der Waals surface area contributed by atoms with Gasteiger partial charge in [0.1, 0.15) is 36.2 Å². The number of aliphatic carboxylic acids is 2. The fourth-order valence-electron chi connectivity index (χ4n) is 4.42. The Kier molecular flexibility index (Phi) is 18.2. The van der Waals surface area contributed by atoms with Crippen LogP contribution in [0, 0.1) is 0 Å². The van der Waals surface area contributed by atoms with Gasteiger partial charge in [0.05, 0.1) is 38.9 Å². The predicted molar refractivity (Wildman–Crippen MR) is 182 cm³/mol. The lowest BCUT2D eigenvalue weighted by molar-refractivity contribution is -0.159. The van der Waals surface area contributed by atoms with Gasteiger partial charge in [-0.3, -0.25) is 0 Å². The first-order valence-electron chi connectivity index (χ1n) is 15.8. The predicted octanol–water partition coefficient (Wildman–Crippen LogP) is 4.24. The summed E-state index contributed by atoms with van der Waals surface area (Å²) in [4.78, 5) is 33.4. The van der Waals surface area contributed by atoms with Crippen molar-refractivity contribution >= 4 is 23.4 Å². The minimum absolute atomic E-state index is 0.627. The van der Waals surface area contributed by atoms with Gasteiger partial charge >= 0.3 is 11.9 Å². The van der Waals surface area contributed by atoms with Crippen molar-refractivity contribution in [3.63, 3.8) is 0 Å². The highest BCUT2D eigenvalue weighted by Crippen LogP contribution is 2.30. The maximum Gasteiger partial charge on any atom is 0.414 e. The van der Waals surface area contributed by atoms with Gasteiger partial charge in [-0.1, -0.05) is 10.3 Å². The van der Waals surface area contributed by atoms with Crippen molar-refractivity contribution in [3.8, 4) is 23.0 Å². The Morgan fingerprint density at radius 2 is 1.10 bits per heavy atom. The molecule has 0 unspecified atom stereocenters. The number of ether oxygens (including phenoxy) is 4. The highest BCUT2D eigenvalue weighted by molar-refractivity contribution is 6.27. The van der Waals surface area contributed by atoms with Crippen LogP contribution in [0.1, 0.15) is 49.7 Å². The largest absolute Gasteiger partial charge is 0.497 e. The van der Waals surface area contributed by atoms with Gasteiger partial charge in [-0.25, -0.2) is 9.59 Å².